The van der Waals surface area contributed by atoms with E-state index in [1.165, 1.54) is 5.56 Å². The first kappa shape index (κ1) is 7.98. The van der Waals surface area contributed by atoms with Crippen LogP contribution in [0.15, 0.2) is 36.9 Å². The van der Waals surface area contributed by atoms with Gasteiger partial charge in [-0.2, -0.15) is 0 Å². The Balaban J connectivity index is 2.59. The van der Waals surface area contributed by atoms with Crippen LogP contribution in [0.2, 0.25) is 0 Å². The van der Waals surface area contributed by atoms with E-state index in [0.29, 0.717) is 0 Å². The highest BCUT2D eigenvalue weighted by atomic mass is 15.4. The van der Waals surface area contributed by atoms with Crippen molar-refractivity contribution >= 4 is 0 Å². The highest BCUT2D eigenvalue weighted by Crippen LogP contribution is 2.08. The predicted octanol–water partition coefficient (Wildman–Crippen LogP) is 1.01. The number of pyridine rings is 1. The van der Waals surface area contributed by atoms with Crippen molar-refractivity contribution in [3.8, 4) is 5.69 Å². The molecule has 0 unspecified atom stereocenters. The molecule has 2 heterocycles. The van der Waals surface area contributed by atoms with Crippen LogP contribution in [0.5, 0.6) is 0 Å². The van der Waals surface area contributed by atoms with Gasteiger partial charge in [0.1, 0.15) is 5.69 Å². The minimum atomic E-state index is 1.12. The molecule has 13 heavy (non-hydrogen) atoms. The van der Waals surface area contributed by atoms with Crippen LogP contribution in [0.25, 0.3) is 5.69 Å². The molecule has 2 aromatic rings. The van der Waals surface area contributed by atoms with Gasteiger partial charge in [-0.15, -0.1) is 9.36 Å². The van der Waals surface area contributed by atoms with E-state index in [4.69, 9.17) is 0 Å². The Bertz CT molecular complexity index is 418. The van der Waals surface area contributed by atoms with Crippen LogP contribution in [-0.2, 0) is 7.05 Å². The lowest BCUT2D eigenvalue weighted by Crippen LogP contribution is -2.36. The Labute approximate surface area is 77.3 Å². The summed E-state index contributed by atoms with van der Waals surface area (Å²) < 4.78 is 4.08. The van der Waals surface area contributed by atoms with Gasteiger partial charge in [-0.05, 0) is 18.6 Å². The van der Waals surface area contributed by atoms with Crippen LogP contribution in [0, 0.1) is 6.92 Å². The molecule has 0 aliphatic carbocycles. The minimum Gasteiger partial charge on any atom is -0.262 e. The van der Waals surface area contributed by atoms with E-state index in [1.54, 1.807) is 0 Å². The molecule has 0 aliphatic rings. The molecule has 0 fully saturated rings. The Morgan fingerprint density at radius 1 is 1.46 bits per heavy atom. The van der Waals surface area contributed by atoms with Crippen LogP contribution in [0.1, 0.15) is 5.56 Å². The largest absolute Gasteiger partial charge is 0.262 e. The smallest absolute Gasteiger partial charge is 0.195 e. The monoisotopic (exact) mass is 174 g/mol. The highest BCUT2D eigenvalue weighted by molar-refractivity contribution is 5.34. The molecule has 0 saturated heterocycles. The molecule has 2 rings (SSSR count). The average molecular weight is 174 g/mol. The number of aryl methyl sites for hydroxylation is 2. The van der Waals surface area contributed by atoms with Crippen molar-refractivity contribution in [2.24, 2.45) is 7.05 Å². The van der Waals surface area contributed by atoms with Crippen LogP contribution in [0.3, 0.4) is 0 Å². The number of nitrogens with zero attached hydrogens (tertiary/aromatic N) is 3. The summed E-state index contributed by atoms with van der Waals surface area (Å²) in [5, 5.41) is 0. The zero-order valence-corrected chi connectivity index (χ0v) is 7.81. The van der Waals surface area contributed by atoms with Gasteiger partial charge in [0, 0.05) is 12.3 Å². The first-order chi connectivity index (χ1) is 6.29. The summed E-state index contributed by atoms with van der Waals surface area (Å²) >= 11 is 0. The number of hydrogen-bond acceptors (Lipinski definition) is 1. The number of aromatic nitrogens is 3. The molecule has 3 nitrogen and oxygen atoms in total. The fraction of sp³-hybridized carbons (Fsp3) is 0.200. The SMILES string of the molecule is Cc1ccncc1-n1ccc[n+]1C. The summed E-state index contributed by atoms with van der Waals surface area (Å²) in [6, 6.07) is 4.02. The van der Waals surface area contributed by atoms with E-state index in [0.717, 1.165) is 5.69 Å². The third-order valence-electron chi connectivity index (χ3n) is 2.13. The van der Waals surface area contributed by atoms with E-state index >= 15 is 0 Å². The molecule has 66 valence electrons. The van der Waals surface area contributed by atoms with E-state index < -0.39 is 0 Å². The second kappa shape index (κ2) is 3.01. The van der Waals surface area contributed by atoms with Crippen LogP contribution in [0.4, 0.5) is 0 Å². The lowest BCUT2D eigenvalue weighted by atomic mass is 10.2. The van der Waals surface area contributed by atoms with Crippen LogP contribution < -0.4 is 4.68 Å². The molecule has 0 spiro atoms. The Kier molecular flexibility index (Phi) is 1.85. The Morgan fingerprint density at radius 3 is 2.92 bits per heavy atom. The summed E-state index contributed by atoms with van der Waals surface area (Å²) in [4.78, 5) is 4.11. The molecular formula is C10H12N3+. The lowest BCUT2D eigenvalue weighted by Gasteiger charge is -2.02. The van der Waals surface area contributed by atoms with Crippen molar-refractivity contribution in [2.45, 2.75) is 6.92 Å². The second-order valence-corrected chi connectivity index (χ2v) is 3.07. The minimum absolute atomic E-state index is 1.12. The van der Waals surface area contributed by atoms with Crippen molar-refractivity contribution in [3.63, 3.8) is 0 Å². The quantitative estimate of drug-likeness (QED) is 0.591. The first-order valence-electron chi connectivity index (χ1n) is 4.23. The van der Waals surface area contributed by atoms with Crippen molar-refractivity contribution in [3.05, 3.63) is 42.5 Å². The fourth-order valence-electron chi connectivity index (χ4n) is 1.37. The average Bonchev–Trinajstić information content (AvgIpc) is 2.52. The third-order valence-corrected chi connectivity index (χ3v) is 2.13. The van der Waals surface area contributed by atoms with Gasteiger partial charge in [-0.25, -0.2) is 0 Å². The third kappa shape index (κ3) is 1.33. The summed E-state index contributed by atoms with van der Waals surface area (Å²) in [5.74, 6) is 0. The van der Waals surface area contributed by atoms with Gasteiger partial charge in [-0.1, -0.05) is 0 Å². The van der Waals surface area contributed by atoms with Gasteiger partial charge in [0.15, 0.2) is 13.2 Å². The van der Waals surface area contributed by atoms with Gasteiger partial charge in [-0.3, -0.25) is 4.98 Å². The molecule has 0 amide bonds. The lowest BCUT2D eigenvalue weighted by molar-refractivity contribution is -0.744. The summed E-state index contributed by atoms with van der Waals surface area (Å²) in [5.41, 5.74) is 2.34. The van der Waals surface area contributed by atoms with Crippen molar-refractivity contribution in [1.29, 1.82) is 0 Å². The molecule has 0 N–H and O–H groups in total. The topological polar surface area (TPSA) is 21.7 Å². The molecule has 0 atom stereocenters. The van der Waals surface area contributed by atoms with Crippen molar-refractivity contribution in [2.75, 3.05) is 0 Å². The number of hydrogen-bond donors (Lipinski definition) is 0. The number of rotatable bonds is 1. The maximum absolute atomic E-state index is 4.11. The highest BCUT2D eigenvalue weighted by Gasteiger charge is 2.06. The zero-order valence-electron chi connectivity index (χ0n) is 7.81. The zero-order chi connectivity index (χ0) is 9.26. The summed E-state index contributed by atoms with van der Waals surface area (Å²) in [7, 11) is 2.01. The maximum atomic E-state index is 4.11. The van der Waals surface area contributed by atoms with Crippen LogP contribution in [-0.4, -0.2) is 9.67 Å². The van der Waals surface area contributed by atoms with E-state index in [1.807, 2.05) is 48.6 Å². The predicted molar refractivity (Wildman–Crippen MR) is 49.5 cm³/mol. The molecule has 0 radical (unpaired) electrons. The van der Waals surface area contributed by atoms with E-state index in [9.17, 15) is 0 Å². The summed E-state index contributed by atoms with van der Waals surface area (Å²) in [6.45, 7) is 2.08. The second-order valence-electron chi connectivity index (χ2n) is 3.07. The Hall–Kier alpha value is -1.64. The molecule has 0 aromatic carbocycles. The van der Waals surface area contributed by atoms with Crippen molar-refractivity contribution in [1.82, 2.24) is 9.67 Å². The standard InChI is InChI=1S/C10H12N3/c1-9-4-5-11-8-10(9)13-7-3-6-12(13)2/h3-8H,1-2H3/q+1. The van der Waals surface area contributed by atoms with E-state index in [2.05, 4.69) is 16.6 Å². The van der Waals surface area contributed by atoms with Gasteiger partial charge in [0.2, 0.25) is 0 Å². The first-order valence-corrected chi connectivity index (χ1v) is 4.23. The normalized spacial score (nSPS) is 10.3. The van der Waals surface area contributed by atoms with Crippen molar-refractivity contribution < 1.29 is 4.68 Å². The Morgan fingerprint density at radius 2 is 2.31 bits per heavy atom. The van der Waals surface area contributed by atoms with Gasteiger partial charge >= 0.3 is 0 Å². The van der Waals surface area contributed by atoms with E-state index in [-0.39, 0.29) is 0 Å². The van der Waals surface area contributed by atoms with Gasteiger partial charge in [0.25, 0.3) is 0 Å². The molecular weight excluding hydrogens is 162 g/mol. The molecule has 2 aromatic heterocycles. The summed E-state index contributed by atoms with van der Waals surface area (Å²) in [6.07, 6.45) is 7.70. The molecule has 0 bridgehead atoms. The van der Waals surface area contributed by atoms with Crippen LogP contribution >= 0.6 is 0 Å². The van der Waals surface area contributed by atoms with Gasteiger partial charge in [0.05, 0.1) is 12.4 Å². The fourth-order valence-corrected chi connectivity index (χ4v) is 1.37. The molecule has 3 heteroatoms. The maximum Gasteiger partial charge on any atom is 0.195 e. The van der Waals surface area contributed by atoms with Gasteiger partial charge < -0.3 is 0 Å². The molecule has 0 aliphatic heterocycles. The molecule has 0 saturated carbocycles.